The molecule has 1 aromatic rings. The van der Waals surface area contributed by atoms with Crippen LogP contribution in [-0.4, -0.2) is 15.0 Å². The molecule has 0 atom stereocenters. The smallest absolute Gasteiger partial charge is 0.250 e. The maximum Gasteiger partial charge on any atom is 0.250 e. The SMILES string of the molecule is CCCCCCCCCCCCCCCCCc1nc(N)nc(C(Cl)(Cl)Cl)n1. The predicted octanol–water partition coefficient (Wildman–Crippen LogP) is 7.69. The molecule has 0 amide bonds. The van der Waals surface area contributed by atoms with Crippen LogP contribution in [0.5, 0.6) is 0 Å². The number of halogens is 3. The Morgan fingerprint density at radius 1 is 0.643 bits per heavy atom. The Kier molecular flexibility index (Phi) is 14.2. The average molecular weight is 452 g/mol. The van der Waals surface area contributed by atoms with Crippen LogP contribution in [0.2, 0.25) is 0 Å². The summed E-state index contributed by atoms with van der Waals surface area (Å²) in [5, 5.41) is 0. The van der Waals surface area contributed by atoms with Crippen LogP contribution in [0.4, 0.5) is 5.95 Å². The highest BCUT2D eigenvalue weighted by atomic mass is 35.6. The number of nitrogens with two attached hydrogens (primary N) is 1. The fraction of sp³-hybridized carbons (Fsp3) is 0.857. The highest BCUT2D eigenvalue weighted by molar-refractivity contribution is 6.66. The number of nitrogens with zero attached hydrogens (tertiary/aromatic N) is 3. The van der Waals surface area contributed by atoms with Gasteiger partial charge in [-0.15, -0.1) is 0 Å². The van der Waals surface area contributed by atoms with E-state index in [0.29, 0.717) is 5.82 Å². The molecule has 0 spiro atoms. The third-order valence-electron chi connectivity index (χ3n) is 4.96. The molecule has 0 aromatic carbocycles. The molecule has 1 aromatic heterocycles. The lowest BCUT2D eigenvalue weighted by atomic mass is 10.0. The number of hydrogen-bond donors (Lipinski definition) is 1. The highest BCUT2D eigenvalue weighted by Gasteiger charge is 2.27. The maximum absolute atomic E-state index is 5.82. The third-order valence-corrected chi connectivity index (χ3v) is 5.46. The molecule has 28 heavy (non-hydrogen) atoms. The first-order valence-corrected chi connectivity index (χ1v) is 12.1. The molecule has 0 aliphatic heterocycles. The van der Waals surface area contributed by atoms with Crippen molar-refractivity contribution in [2.24, 2.45) is 0 Å². The van der Waals surface area contributed by atoms with E-state index >= 15 is 0 Å². The van der Waals surface area contributed by atoms with Crippen molar-refractivity contribution in [1.29, 1.82) is 0 Å². The predicted molar refractivity (Wildman–Crippen MR) is 122 cm³/mol. The van der Waals surface area contributed by atoms with Crippen molar-refractivity contribution in [3.63, 3.8) is 0 Å². The number of aromatic nitrogens is 3. The lowest BCUT2D eigenvalue weighted by Crippen LogP contribution is -2.13. The second kappa shape index (κ2) is 15.5. The van der Waals surface area contributed by atoms with Crippen LogP contribution >= 0.6 is 34.8 Å². The molecule has 162 valence electrons. The van der Waals surface area contributed by atoms with Crippen LogP contribution < -0.4 is 5.73 Å². The fourth-order valence-electron chi connectivity index (χ4n) is 3.33. The van der Waals surface area contributed by atoms with Crippen LogP contribution in [-0.2, 0) is 10.2 Å². The molecule has 7 heteroatoms. The number of rotatable bonds is 16. The van der Waals surface area contributed by atoms with Crippen molar-refractivity contribution in [3.05, 3.63) is 11.6 Å². The van der Waals surface area contributed by atoms with Crippen LogP contribution in [0.15, 0.2) is 0 Å². The summed E-state index contributed by atoms with van der Waals surface area (Å²) in [6, 6.07) is 0. The Labute approximate surface area is 186 Å². The van der Waals surface area contributed by atoms with Crippen LogP contribution in [0, 0.1) is 0 Å². The second-order valence-electron chi connectivity index (χ2n) is 7.63. The van der Waals surface area contributed by atoms with E-state index in [-0.39, 0.29) is 11.8 Å². The van der Waals surface area contributed by atoms with E-state index in [1.54, 1.807) is 0 Å². The van der Waals surface area contributed by atoms with Crippen LogP contribution in [0.1, 0.15) is 115 Å². The Bertz CT molecular complexity index is 521. The molecule has 0 saturated carbocycles. The molecular weight excluding hydrogens is 415 g/mol. The number of alkyl halides is 3. The first-order valence-electron chi connectivity index (χ1n) is 11.0. The molecule has 0 unspecified atom stereocenters. The van der Waals surface area contributed by atoms with Gasteiger partial charge in [0.2, 0.25) is 9.74 Å². The lowest BCUT2D eigenvalue weighted by molar-refractivity contribution is 0.531. The third kappa shape index (κ3) is 13.0. The first kappa shape index (κ1) is 25.7. The van der Waals surface area contributed by atoms with Gasteiger partial charge in [0.1, 0.15) is 5.82 Å². The van der Waals surface area contributed by atoms with Crippen LogP contribution in [0.25, 0.3) is 0 Å². The lowest BCUT2D eigenvalue weighted by Gasteiger charge is -2.10. The zero-order chi connectivity index (χ0) is 20.7. The molecule has 0 aliphatic carbocycles. The number of anilines is 1. The van der Waals surface area contributed by atoms with Crippen LogP contribution in [0.3, 0.4) is 0 Å². The van der Waals surface area contributed by atoms with Crippen molar-refractivity contribution in [3.8, 4) is 0 Å². The van der Waals surface area contributed by atoms with Gasteiger partial charge in [-0.25, -0.2) is 4.98 Å². The van der Waals surface area contributed by atoms with Crippen molar-refractivity contribution in [1.82, 2.24) is 15.0 Å². The van der Waals surface area contributed by atoms with E-state index in [1.165, 1.54) is 83.5 Å². The molecule has 0 fully saturated rings. The molecule has 1 rings (SSSR count). The molecule has 4 nitrogen and oxygen atoms in total. The maximum atomic E-state index is 5.82. The Balaban J connectivity index is 1.96. The van der Waals surface area contributed by atoms with Crippen molar-refractivity contribution >= 4 is 40.8 Å². The minimum absolute atomic E-state index is 0.0981. The summed E-state index contributed by atoms with van der Waals surface area (Å²) in [5.41, 5.74) is 5.67. The quantitative estimate of drug-likeness (QED) is 0.206. The standard InChI is InChI=1S/C21H37Cl3N4/c1-2-3-4-5-6-7-8-9-10-11-12-13-14-15-16-17-18-26-19(21(22,23)24)28-20(25)27-18/h2-17H2,1H3,(H2,25,26,27,28). The Morgan fingerprint density at radius 2 is 1.07 bits per heavy atom. The summed E-state index contributed by atoms with van der Waals surface area (Å²) >= 11 is 17.5. The first-order chi connectivity index (χ1) is 13.4. The summed E-state index contributed by atoms with van der Waals surface area (Å²) in [6.45, 7) is 2.27. The average Bonchev–Trinajstić information content (AvgIpc) is 2.64. The minimum atomic E-state index is -1.67. The van der Waals surface area contributed by atoms with E-state index < -0.39 is 3.79 Å². The Hall–Kier alpha value is -0.320. The topological polar surface area (TPSA) is 64.7 Å². The van der Waals surface area contributed by atoms with E-state index in [2.05, 4.69) is 21.9 Å². The fourth-order valence-corrected chi connectivity index (χ4v) is 3.58. The van der Waals surface area contributed by atoms with Gasteiger partial charge in [-0.1, -0.05) is 132 Å². The van der Waals surface area contributed by atoms with Gasteiger partial charge in [0, 0.05) is 6.42 Å². The van der Waals surface area contributed by atoms with Gasteiger partial charge in [0.25, 0.3) is 0 Å². The van der Waals surface area contributed by atoms with Crippen molar-refractivity contribution in [2.45, 2.75) is 113 Å². The largest absolute Gasteiger partial charge is 0.368 e. The van der Waals surface area contributed by atoms with E-state index in [4.69, 9.17) is 40.5 Å². The van der Waals surface area contributed by atoms with Gasteiger partial charge < -0.3 is 5.73 Å². The van der Waals surface area contributed by atoms with Gasteiger partial charge >= 0.3 is 0 Å². The van der Waals surface area contributed by atoms with Gasteiger partial charge in [0.05, 0.1) is 0 Å². The van der Waals surface area contributed by atoms with E-state index in [1.807, 2.05) is 0 Å². The summed E-state index contributed by atoms with van der Waals surface area (Å²) in [4.78, 5) is 12.2. The minimum Gasteiger partial charge on any atom is -0.368 e. The molecule has 0 saturated heterocycles. The molecule has 1 heterocycles. The number of nitrogen functional groups attached to an aromatic ring is 1. The number of unbranched alkanes of at least 4 members (excludes halogenated alkanes) is 14. The van der Waals surface area contributed by atoms with Crippen molar-refractivity contribution in [2.75, 3.05) is 5.73 Å². The molecule has 0 aliphatic rings. The summed E-state index contributed by atoms with van der Waals surface area (Å²) in [5.74, 6) is 0.803. The molecule has 0 radical (unpaired) electrons. The normalized spacial score (nSPS) is 11.9. The highest BCUT2D eigenvalue weighted by Crippen LogP contribution is 2.35. The molecule has 2 N–H and O–H groups in total. The molecule has 0 bridgehead atoms. The number of aryl methyl sites for hydroxylation is 1. The van der Waals surface area contributed by atoms with Gasteiger partial charge in [-0.3, -0.25) is 0 Å². The second-order valence-corrected chi connectivity index (χ2v) is 9.91. The monoisotopic (exact) mass is 450 g/mol. The van der Waals surface area contributed by atoms with E-state index in [0.717, 1.165) is 19.3 Å². The summed E-state index contributed by atoms with van der Waals surface area (Å²) in [6.07, 6.45) is 20.8. The van der Waals surface area contributed by atoms with E-state index in [9.17, 15) is 0 Å². The summed E-state index contributed by atoms with van der Waals surface area (Å²) in [7, 11) is 0. The summed E-state index contributed by atoms with van der Waals surface area (Å²) < 4.78 is -1.67. The zero-order valence-electron chi connectivity index (χ0n) is 17.4. The molecular formula is C21H37Cl3N4. The Morgan fingerprint density at radius 3 is 1.50 bits per heavy atom. The zero-order valence-corrected chi connectivity index (χ0v) is 19.6. The van der Waals surface area contributed by atoms with Gasteiger partial charge in [-0.05, 0) is 6.42 Å². The van der Waals surface area contributed by atoms with Crippen molar-refractivity contribution < 1.29 is 0 Å². The van der Waals surface area contributed by atoms with Gasteiger partial charge in [-0.2, -0.15) is 9.97 Å². The number of hydrogen-bond acceptors (Lipinski definition) is 4. The van der Waals surface area contributed by atoms with Gasteiger partial charge in [0.15, 0.2) is 5.82 Å².